The van der Waals surface area contributed by atoms with Gasteiger partial charge in [0, 0.05) is 24.1 Å². The summed E-state index contributed by atoms with van der Waals surface area (Å²) in [6.07, 6.45) is -2.96. The van der Waals surface area contributed by atoms with Gasteiger partial charge in [0.15, 0.2) is 6.61 Å². The second kappa shape index (κ2) is 6.08. The van der Waals surface area contributed by atoms with Crippen LogP contribution in [-0.2, 0) is 16.6 Å². The van der Waals surface area contributed by atoms with Crippen molar-refractivity contribution in [3.63, 3.8) is 0 Å². The highest BCUT2D eigenvalue weighted by Crippen LogP contribution is 2.20. The fourth-order valence-electron chi connectivity index (χ4n) is 1.96. The Hall–Kier alpha value is -2.51. The van der Waals surface area contributed by atoms with Crippen molar-refractivity contribution in [2.75, 3.05) is 13.2 Å². The lowest BCUT2D eigenvalue weighted by Gasteiger charge is -2.08. The van der Waals surface area contributed by atoms with E-state index in [1.807, 2.05) is 12.1 Å². The number of carbonyl (C=O) groups is 2. The van der Waals surface area contributed by atoms with Gasteiger partial charge in [-0.2, -0.15) is 13.2 Å². The first-order valence-corrected chi connectivity index (χ1v) is 6.32. The van der Waals surface area contributed by atoms with Crippen LogP contribution in [0.3, 0.4) is 0 Å². The van der Waals surface area contributed by atoms with E-state index in [2.05, 4.69) is 0 Å². The number of rotatable bonds is 4. The molecular weight excluding hydrogens is 301 g/mol. The molecule has 0 aliphatic rings. The molecule has 0 saturated heterocycles. The highest BCUT2D eigenvalue weighted by Gasteiger charge is 2.28. The molecular formula is C14H13F3N2O3. The number of para-hydroxylation sites is 1. The molecule has 1 aromatic heterocycles. The van der Waals surface area contributed by atoms with E-state index in [1.54, 1.807) is 35.3 Å². The van der Waals surface area contributed by atoms with Crippen LogP contribution in [-0.4, -0.2) is 35.8 Å². The lowest BCUT2D eigenvalue weighted by molar-refractivity contribution is -0.140. The van der Waals surface area contributed by atoms with Gasteiger partial charge in [-0.3, -0.25) is 4.79 Å². The summed E-state index contributed by atoms with van der Waals surface area (Å²) in [4.78, 5) is 23.1. The molecule has 5 nitrogen and oxygen atoms in total. The predicted molar refractivity (Wildman–Crippen MR) is 72.3 cm³/mol. The Labute approximate surface area is 123 Å². The minimum absolute atomic E-state index is 0.252. The average molecular weight is 314 g/mol. The van der Waals surface area contributed by atoms with Gasteiger partial charge >= 0.3 is 12.1 Å². The Morgan fingerprint density at radius 2 is 1.95 bits per heavy atom. The van der Waals surface area contributed by atoms with Crippen LogP contribution in [0.4, 0.5) is 13.2 Å². The number of nitrogens with one attached hydrogen (secondary N) is 1. The van der Waals surface area contributed by atoms with E-state index in [-0.39, 0.29) is 5.56 Å². The third-order valence-electron chi connectivity index (χ3n) is 2.94. The van der Waals surface area contributed by atoms with E-state index in [0.29, 0.717) is 5.39 Å². The molecule has 22 heavy (non-hydrogen) atoms. The van der Waals surface area contributed by atoms with Gasteiger partial charge in [-0.25, -0.2) is 4.79 Å². The molecule has 0 spiro atoms. The first kappa shape index (κ1) is 15.9. The maximum absolute atomic E-state index is 11.9. The maximum atomic E-state index is 11.9. The monoisotopic (exact) mass is 314 g/mol. The Morgan fingerprint density at radius 1 is 1.27 bits per heavy atom. The summed E-state index contributed by atoms with van der Waals surface area (Å²) < 4.78 is 42.3. The van der Waals surface area contributed by atoms with Crippen molar-refractivity contribution in [3.05, 3.63) is 36.0 Å². The molecule has 0 radical (unpaired) electrons. The van der Waals surface area contributed by atoms with Gasteiger partial charge in [-0.15, -0.1) is 0 Å². The largest absolute Gasteiger partial charge is 0.452 e. The van der Waals surface area contributed by atoms with Crippen molar-refractivity contribution in [1.29, 1.82) is 0 Å². The van der Waals surface area contributed by atoms with E-state index in [0.717, 1.165) is 5.52 Å². The van der Waals surface area contributed by atoms with Crippen LogP contribution >= 0.6 is 0 Å². The number of aromatic nitrogens is 1. The second-order valence-electron chi connectivity index (χ2n) is 4.64. The standard InChI is InChI=1S/C14H13F3N2O3/c1-19-6-10(9-4-2-3-5-11(9)19)13(21)22-7-12(20)18-8-14(15,16)17/h2-6H,7-8H2,1H3,(H,18,20). The Kier molecular flexibility index (Phi) is 4.39. The minimum atomic E-state index is -4.50. The first-order valence-electron chi connectivity index (χ1n) is 6.32. The van der Waals surface area contributed by atoms with Crippen LogP contribution in [0.25, 0.3) is 10.9 Å². The fourth-order valence-corrected chi connectivity index (χ4v) is 1.96. The number of alkyl halides is 3. The van der Waals surface area contributed by atoms with Crippen molar-refractivity contribution in [1.82, 2.24) is 9.88 Å². The summed E-state index contributed by atoms with van der Waals surface area (Å²) in [6.45, 7) is -2.23. The molecule has 2 rings (SSSR count). The number of halogens is 3. The number of hydrogen-bond acceptors (Lipinski definition) is 3. The second-order valence-corrected chi connectivity index (χ2v) is 4.64. The molecule has 8 heteroatoms. The number of fused-ring (bicyclic) bond motifs is 1. The molecule has 2 aromatic rings. The van der Waals surface area contributed by atoms with Crippen molar-refractivity contribution in [3.8, 4) is 0 Å². The van der Waals surface area contributed by atoms with Gasteiger partial charge in [-0.05, 0) is 6.07 Å². The highest BCUT2D eigenvalue weighted by molar-refractivity contribution is 6.04. The maximum Gasteiger partial charge on any atom is 0.405 e. The van der Waals surface area contributed by atoms with Crippen LogP contribution in [0.15, 0.2) is 30.5 Å². The van der Waals surface area contributed by atoms with Gasteiger partial charge in [0.1, 0.15) is 6.54 Å². The van der Waals surface area contributed by atoms with Gasteiger partial charge in [0.05, 0.1) is 5.56 Å². The Bertz CT molecular complexity index is 707. The zero-order chi connectivity index (χ0) is 16.3. The Balaban J connectivity index is 1.99. The fraction of sp³-hybridized carbons (Fsp3) is 0.286. The lowest BCUT2D eigenvalue weighted by Crippen LogP contribution is -2.36. The number of hydrogen-bond donors (Lipinski definition) is 1. The van der Waals surface area contributed by atoms with Gasteiger partial charge in [-0.1, -0.05) is 18.2 Å². The van der Waals surface area contributed by atoms with Crippen LogP contribution in [0.1, 0.15) is 10.4 Å². The van der Waals surface area contributed by atoms with Crippen LogP contribution in [0.5, 0.6) is 0 Å². The number of amides is 1. The highest BCUT2D eigenvalue weighted by atomic mass is 19.4. The number of carbonyl (C=O) groups excluding carboxylic acids is 2. The van der Waals surface area contributed by atoms with Gasteiger partial charge < -0.3 is 14.6 Å². The van der Waals surface area contributed by atoms with Crippen LogP contribution in [0, 0.1) is 0 Å². The third-order valence-corrected chi connectivity index (χ3v) is 2.94. The van der Waals surface area contributed by atoms with Gasteiger partial charge in [0.25, 0.3) is 5.91 Å². The van der Waals surface area contributed by atoms with Crippen molar-refractivity contribution in [2.45, 2.75) is 6.18 Å². The summed E-state index contributed by atoms with van der Waals surface area (Å²) in [5.41, 5.74) is 1.05. The zero-order valence-electron chi connectivity index (χ0n) is 11.6. The summed E-state index contributed by atoms with van der Waals surface area (Å²) >= 11 is 0. The Morgan fingerprint density at radius 3 is 2.64 bits per heavy atom. The number of nitrogens with zero attached hydrogens (tertiary/aromatic N) is 1. The molecule has 0 unspecified atom stereocenters. The average Bonchev–Trinajstić information content (AvgIpc) is 2.80. The minimum Gasteiger partial charge on any atom is -0.452 e. The van der Waals surface area contributed by atoms with Gasteiger partial charge in [0.2, 0.25) is 0 Å². The van der Waals surface area contributed by atoms with E-state index < -0.39 is 31.2 Å². The van der Waals surface area contributed by atoms with Crippen molar-refractivity contribution < 1.29 is 27.5 Å². The lowest BCUT2D eigenvalue weighted by atomic mass is 10.2. The van der Waals surface area contributed by atoms with E-state index in [1.165, 1.54) is 0 Å². The number of benzene rings is 1. The molecule has 0 atom stereocenters. The predicted octanol–water partition coefficient (Wildman–Crippen LogP) is 2.01. The molecule has 0 aliphatic carbocycles. The molecule has 1 aromatic carbocycles. The van der Waals surface area contributed by atoms with E-state index in [4.69, 9.17) is 4.74 Å². The third kappa shape index (κ3) is 3.78. The SMILES string of the molecule is Cn1cc(C(=O)OCC(=O)NCC(F)(F)F)c2ccccc21. The normalized spacial score (nSPS) is 11.5. The molecule has 0 aliphatic heterocycles. The molecule has 0 saturated carbocycles. The molecule has 118 valence electrons. The topological polar surface area (TPSA) is 60.3 Å². The van der Waals surface area contributed by atoms with E-state index >= 15 is 0 Å². The molecule has 0 fully saturated rings. The summed E-state index contributed by atoms with van der Waals surface area (Å²) in [6, 6.07) is 7.08. The number of aryl methyl sites for hydroxylation is 1. The number of esters is 1. The van der Waals surface area contributed by atoms with Crippen molar-refractivity contribution in [2.24, 2.45) is 7.05 Å². The molecule has 1 amide bonds. The summed E-state index contributed by atoms with van der Waals surface area (Å²) in [5.74, 6) is -1.77. The number of ether oxygens (including phenoxy) is 1. The molecule has 0 bridgehead atoms. The van der Waals surface area contributed by atoms with Crippen LogP contribution < -0.4 is 5.32 Å². The summed E-state index contributed by atoms with van der Waals surface area (Å²) in [7, 11) is 1.75. The zero-order valence-corrected chi connectivity index (χ0v) is 11.6. The summed E-state index contributed by atoms with van der Waals surface area (Å²) in [5, 5.41) is 2.27. The van der Waals surface area contributed by atoms with Crippen molar-refractivity contribution >= 4 is 22.8 Å². The van der Waals surface area contributed by atoms with E-state index in [9.17, 15) is 22.8 Å². The first-order chi connectivity index (χ1) is 10.3. The van der Waals surface area contributed by atoms with Crippen LogP contribution in [0.2, 0.25) is 0 Å². The molecule has 1 heterocycles. The molecule has 1 N–H and O–H groups in total. The quantitative estimate of drug-likeness (QED) is 0.878. The smallest absolute Gasteiger partial charge is 0.405 e.